The van der Waals surface area contributed by atoms with Crippen LogP contribution in [0.25, 0.3) is 0 Å². The second-order valence-electron chi connectivity index (χ2n) is 8.11. The molecule has 8 heteroatoms. The van der Waals surface area contributed by atoms with Gasteiger partial charge in [0.15, 0.2) is 0 Å². The van der Waals surface area contributed by atoms with Gasteiger partial charge in [0.1, 0.15) is 12.4 Å². The Hall–Kier alpha value is -1.93. The number of aromatic nitrogens is 2. The fourth-order valence-electron chi connectivity index (χ4n) is 3.97. The van der Waals surface area contributed by atoms with E-state index >= 15 is 0 Å². The van der Waals surface area contributed by atoms with Crippen LogP contribution in [0.4, 0.5) is 11.8 Å². The van der Waals surface area contributed by atoms with Gasteiger partial charge in [0.2, 0.25) is 11.9 Å². The lowest BCUT2D eigenvalue weighted by Crippen LogP contribution is -2.51. The van der Waals surface area contributed by atoms with Crippen molar-refractivity contribution in [2.24, 2.45) is 11.8 Å². The summed E-state index contributed by atoms with van der Waals surface area (Å²) >= 11 is 0. The molecular weight excluding hydrogens is 344 g/mol. The Balaban J connectivity index is 1.22. The van der Waals surface area contributed by atoms with E-state index in [1.54, 1.807) is 12.3 Å². The zero-order valence-electron chi connectivity index (χ0n) is 15.8. The molecule has 1 aromatic heterocycles. The van der Waals surface area contributed by atoms with Gasteiger partial charge in [-0.15, -0.1) is 0 Å². The third-order valence-corrected chi connectivity index (χ3v) is 5.78. The summed E-state index contributed by atoms with van der Waals surface area (Å²) in [6, 6.07) is 1.65. The summed E-state index contributed by atoms with van der Waals surface area (Å²) in [5.74, 6) is 2.59. The number of amides is 1. The smallest absolute Gasteiger partial charge is 0.248 e. The first-order chi connectivity index (χ1) is 13.2. The Kier molecular flexibility index (Phi) is 5.73. The highest BCUT2D eigenvalue weighted by Crippen LogP contribution is 2.31. The lowest BCUT2D eigenvalue weighted by molar-refractivity contribution is -0.149. The second-order valence-corrected chi connectivity index (χ2v) is 8.11. The number of morpholine rings is 1. The summed E-state index contributed by atoms with van der Waals surface area (Å²) in [7, 11) is 0. The minimum absolute atomic E-state index is 0.0531. The molecule has 3 fully saturated rings. The van der Waals surface area contributed by atoms with Crippen LogP contribution in [0.1, 0.15) is 25.7 Å². The van der Waals surface area contributed by atoms with Gasteiger partial charge in [-0.1, -0.05) is 0 Å². The van der Waals surface area contributed by atoms with E-state index in [4.69, 9.17) is 10.5 Å². The summed E-state index contributed by atoms with van der Waals surface area (Å²) < 4.78 is 5.68. The number of rotatable bonds is 7. The van der Waals surface area contributed by atoms with E-state index in [9.17, 15) is 4.79 Å². The summed E-state index contributed by atoms with van der Waals surface area (Å²) in [6.07, 6.45) is 6.78. The largest absolute Gasteiger partial charge is 0.384 e. The molecule has 0 spiro atoms. The first kappa shape index (κ1) is 18.4. The van der Waals surface area contributed by atoms with E-state index < -0.39 is 0 Å². The molecule has 1 atom stereocenters. The van der Waals surface area contributed by atoms with Gasteiger partial charge in [-0.3, -0.25) is 4.79 Å². The molecule has 1 saturated carbocycles. The molecular formula is C19H30N6O2. The lowest BCUT2D eigenvalue weighted by Gasteiger charge is -2.38. The Morgan fingerprint density at radius 1 is 1.19 bits per heavy atom. The predicted octanol–water partition coefficient (Wildman–Crippen LogP) is 0.820. The quantitative estimate of drug-likeness (QED) is 0.729. The van der Waals surface area contributed by atoms with Crippen molar-refractivity contribution in [3.05, 3.63) is 12.3 Å². The third kappa shape index (κ3) is 5.29. The van der Waals surface area contributed by atoms with Crippen molar-refractivity contribution < 1.29 is 9.53 Å². The van der Waals surface area contributed by atoms with Crippen molar-refractivity contribution >= 4 is 17.7 Å². The van der Waals surface area contributed by atoms with Crippen molar-refractivity contribution in [2.75, 3.05) is 56.9 Å². The van der Waals surface area contributed by atoms with Gasteiger partial charge in [-0.05, 0) is 56.7 Å². The fraction of sp³-hybridized carbons (Fsp3) is 0.737. The lowest BCUT2D eigenvalue weighted by atomic mass is 9.95. The predicted molar refractivity (Wildman–Crippen MR) is 103 cm³/mol. The van der Waals surface area contributed by atoms with Crippen LogP contribution in [0, 0.1) is 11.8 Å². The topological polar surface area (TPSA) is 96.6 Å². The zero-order chi connectivity index (χ0) is 18.6. The van der Waals surface area contributed by atoms with Gasteiger partial charge < -0.3 is 25.6 Å². The number of ether oxygens (including phenoxy) is 1. The van der Waals surface area contributed by atoms with E-state index in [-0.39, 0.29) is 18.6 Å². The summed E-state index contributed by atoms with van der Waals surface area (Å²) in [5.41, 5.74) is 5.67. The van der Waals surface area contributed by atoms with Gasteiger partial charge in [-0.25, -0.2) is 4.98 Å². The van der Waals surface area contributed by atoms with Crippen LogP contribution >= 0.6 is 0 Å². The average molecular weight is 374 g/mol. The average Bonchev–Trinajstić information content (AvgIpc) is 3.48. The minimum Gasteiger partial charge on any atom is -0.384 e. The molecule has 0 radical (unpaired) electrons. The number of likely N-dealkylation sites (tertiary alicyclic amines) is 1. The molecule has 3 aliphatic rings. The zero-order valence-corrected chi connectivity index (χ0v) is 15.8. The number of hydrogen-bond acceptors (Lipinski definition) is 7. The second kappa shape index (κ2) is 8.39. The number of nitrogens with one attached hydrogen (secondary N) is 1. The molecule has 148 valence electrons. The number of anilines is 2. The third-order valence-electron chi connectivity index (χ3n) is 5.78. The SMILES string of the molecule is Nc1ccnc(NC[C@H]2CN(CC3CCN(CC4CC4)CC3)C(=O)CO2)n1. The van der Waals surface area contributed by atoms with Crippen LogP contribution in [-0.4, -0.2) is 77.7 Å². The number of nitrogens with two attached hydrogens (primary N) is 1. The number of piperidine rings is 1. The van der Waals surface area contributed by atoms with Crippen LogP contribution in [0.5, 0.6) is 0 Å². The molecule has 1 amide bonds. The molecule has 2 saturated heterocycles. The van der Waals surface area contributed by atoms with Gasteiger partial charge in [0, 0.05) is 32.4 Å². The summed E-state index contributed by atoms with van der Waals surface area (Å²) in [4.78, 5) is 25.1. The van der Waals surface area contributed by atoms with E-state index in [2.05, 4.69) is 20.2 Å². The molecule has 3 heterocycles. The minimum atomic E-state index is -0.0531. The van der Waals surface area contributed by atoms with Gasteiger partial charge in [0.05, 0.1) is 6.10 Å². The Morgan fingerprint density at radius 2 is 1.96 bits per heavy atom. The monoisotopic (exact) mass is 374 g/mol. The first-order valence-electron chi connectivity index (χ1n) is 10.1. The molecule has 27 heavy (non-hydrogen) atoms. The molecule has 1 aliphatic carbocycles. The van der Waals surface area contributed by atoms with E-state index in [0.717, 1.165) is 12.5 Å². The standard InChI is InChI=1S/C19H30N6O2/c20-17-3-6-21-19(23-17)22-9-16-12-25(18(26)13-27-16)11-15-4-7-24(8-5-15)10-14-1-2-14/h3,6,14-16H,1-2,4-5,7-13H2,(H3,20,21,22,23)/t16-/m0/s1. The van der Waals surface area contributed by atoms with Gasteiger partial charge in [-0.2, -0.15) is 4.98 Å². The van der Waals surface area contributed by atoms with Gasteiger partial charge in [0.25, 0.3) is 0 Å². The highest BCUT2D eigenvalue weighted by Gasteiger charge is 2.31. The molecule has 2 aliphatic heterocycles. The normalized spacial score (nSPS) is 25.0. The molecule has 4 rings (SSSR count). The van der Waals surface area contributed by atoms with Crippen molar-refractivity contribution in [3.63, 3.8) is 0 Å². The molecule has 8 nitrogen and oxygen atoms in total. The van der Waals surface area contributed by atoms with Crippen molar-refractivity contribution in [2.45, 2.75) is 31.8 Å². The molecule has 0 bridgehead atoms. The van der Waals surface area contributed by atoms with Crippen LogP contribution in [0.3, 0.4) is 0 Å². The van der Waals surface area contributed by atoms with E-state index in [1.807, 2.05) is 4.90 Å². The maximum atomic E-state index is 12.3. The Morgan fingerprint density at radius 3 is 2.70 bits per heavy atom. The van der Waals surface area contributed by atoms with Crippen LogP contribution in [0.15, 0.2) is 12.3 Å². The van der Waals surface area contributed by atoms with Crippen LogP contribution < -0.4 is 11.1 Å². The number of nitrogens with zero attached hydrogens (tertiary/aromatic N) is 4. The van der Waals surface area contributed by atoms with E-state index in [1.165, 1.54) is 45.3 Å². The highest BCUT2D eigenvalue weighted by atomic mass is 16.5. The van der Waals surface area contributed by atoms with Crippen LogP contribution in [-0.2, 0) is 9.53 Å². The summed E-state index contributed by atoms with van der Waals surface area (Å²) in [5, 5.41) is 3.15. The molecule has 0 aromatic carbocycles. The van der Waals surface area contributed by atoms with Crippen molar-refractivity contribution in [1.29, 1.82) is 0 Å². The number of carbonyl (C=O) groups is 1. The number of hydrogen-bond donors (Lipinski definition) is 2. The highest BCUT2D eigenvalue weighted by molar-refractivity contribution is 5.78. The number of nitrogen functional groups attached to an aromatic ring is 1. The number of carbonyl (C=O) groups excluding carboxylic acids is 1. The van der Waals surface area contributed by atoms with Crippen LogP contribution in [0.2, 0.25) is 0 Å². The van der Waals surface area contributed by atoms with Crippen molar-refractivity contribution in [1.82, 2.24) is 19.8 Å². The Bertz CT molecular complexity index is 645. The maximum Gasteiger partial charge on any atom is 0.248 e. The maximum absolute atomic E-state index is 12.3. The summed E-state index contributed by atoms with van der Waals surface area (Å²) in [6.45, 7) is 5.83. The fourth-order valence-corrected chi connectivity index (χ4v) is 3.97. The Labute approximate surface area is 160 Å². The first-order valence-corrected chi connectivity index (χ1v) is 10.1. The van der Waals surface area contributed by atoms with Crippen molar-refractivity contribution in [3.8, 4) is 0 Å². The molecule has 3 N–H and O–H groups in total. The molecule has 1 aromatic rings. The molecule has 0 unspecified atom stereocenters. The van der Waals surface area contributed by atoms with E-state index in [0.29, 0.717) is 30.8 Å². The van der Waals surface area contributed by atoms with Gasteiger partial charge >= 0.3 is 0 Å².